The second-order valence-electron chi connectivity index (χ2n) is 6.02. The minimum absolute atomic E-state index is 0.228. The van der Waals surface area contributed by atoms with Gasteiger partial charge in [0.1, 0.15) is 11.9 Å². The number of hydrogen-bond donors (Lipinski definition) is 2. The van der Waals surface area contributed by atoms with Gasteiger partial charge in [-0.05, 0) is 43.6 Å². The van der Waals surface area contributed by atoms with E-state index in [0.717, 1.165) is 11.3 Å². The Kier molecular flexibility index (Phi) is 4.11. The van der Waals surface area contributed by atoms with E-state index in [9.17, 15) is 14.3 Å². The van der Waals surface area contributed by atoms with Gasteiger partial charge >= 0.3 is 5.97 Å². The van der Waals surface area contributed by atoms with E-state index in [1.165, 1.54) is 12.1 Å². The Labute approximate surface area is 128 Å². The van der Waals surface area contributed by atoms with Crippen molar-refractivity contribution in [1.29, 1.82) is 0 Å². The van der Waals surface area contributed by atoms with Crippen molar-refractivity contribution < 1.29 is 19.1 Å². The van der Waals surface area contributed by atoms with E-state index in [-0.39, 0.29) is 11.9 Å². The van der Waals surface area contributed by atoms with Crippen LogP contribution in [0.15, 0.2) is 29.4 Å². The summed E-state index contributed by atoms with van der Waals surface area (Å²) in [7, 11) is 0. The standard InChI is InChI=1S/C16H19FN2O3/c17-12-3-1-11(2-4-12)14-9-13(22-19-14)10-16(15(20)21)5-7-18-8-6-16/h1-4,13,18H,5-10H2,(H,20,21)/t13-/m0/s1. The molecule has 2 aliphatic heterocycles. The molecule has 3 rings (SSSR count). The molecule has 2 heterocycles. The van der Waals surface area contributed by atoms with Gasteiger partial charge in [-0.1, -0.05) is 17.3 Å². The van der Waals surface area contributed by atoms with Crippen LogP contribution in [0.25, 0.3) is 0 Å². The van der Waals surface area contributed by atoms with Crippen LogP contribution in [0.3, 0.4) is 0 Å². The molecule has 0 amide bonds. The molecule has 0 aromatic heterocycles. The van der Waals surface area contributed by atoms with Crippen LogP contribution in [0.5, 0.6) is 0 Å². The van der Waals surface area contributed by atoms with E-state index in [4.69, 9.17) is 4.84 Å². The summed E-state index contributed by atoms with van der Waals surface area (Å²) in [4.78, 5) is 17.1. The van der Waals surface area contributed by atoms with Gasteiger partial charge in [0.25, 0.3) is 0 Å². The van der Waals surface area contributed by atoms with Crippen LogP contribution in [-0.4, -0.2) is 36.0 Å². The Hall–Kier alpha value is -1.95. The molecule has 1 aromatic carbocycles. The Balaban J connectivity index is 1.66. The van der Waals surface area contributed by atoms with Gasteiger partial charge in [-0.3, -0.25) is 4.79 Å². The molecule has 22 heavy (non-hydrogen) atoms. The molecule has 118 valence electrons. The van der Waals surface area contributed by atoms with Crippen LogP contribution >= 0.6 is 0 Å². The number of carboxylic acid groups (broad SMARTS) is 1. The predicted molar refractivity (Wildman–Crippen MR) is 79.2 cm³/mol. The number of nitrogens with one attached hydrogen (secondary N) is 1. The third-order valence-electron chi connectivity index (χ3n) is 4.54. The zero-order chi connectivity index (χ0) is 15.6. The number of carbonyl (C=O) groups is 1. The van der Waals surface area contributed by atoms with Gasteiger partial charge in [0.15, 0.2) is 0 Å². The lowest BCUT2D eigenvalue weighted by Gasteiger charge is -2.34. The van der Waals surface area contributed by atoms with Gasteiger partial charge in [0.2, 0.25) is 0 Å². The van der Waals surface area contributed by atoms with Gasteiger partial charge in [-0.25, -0.2) is 4.39 Å². The van der Waals surface area contributed by atoms with Crippen molar-refractivity contribution in [3.8, 4) is 0 Å². The maximum Gasteiger partial charge on any atom is 0.309 e. The van der Waals surface area contributed by atoms with Crippen LogP contribution < -0.4 is 5.32 Å². The van der Waals surface area contributed by atoms with E-state index in [2.05, 4.69) is 10.5 Å². The first-order valence-corrected chi connectivity index (χ1v) is 7.52. The molecular weight excluding hydrogens is 287 g/mol. The molecule has 1 saturated heterocycles. The van der Waals surface area contributed by atoms with Crippen LogP contribution in [0, 0.1) is 11.2 Å². The average Bonchev–Trinajstić information content (AvgIpc) is 2.97. The summed E-state index contributed by atoms with van der Waals surface area (Å²) in [5.74, 6) is -1.05. The van der Waals surface area contributed by atoms with Gasteiger partial charge in [0, 0.05) is 12.8 Å². The van der Waals surface area contributed by atoms with Crippen LogP contribution in [0.2, 0.25) is 0 Å². The lowest BCUT2D eigenvalue weighted by atomic mass is 9.74. The van der Waals surface area contributed by atoms with Crippen molar-refractivity contribution in [2.24, 2.45) is 10.6 Å². The fourth-order valence-corrected chi connectivity index (χ4v) is 3.20. The molecule has 1 aromatic rings. The van der Waals surface area contributed by atoms with E-state index in [1.54, 1.807) is 12.1 Å². The Morgan fingerprint density at radius 2 is 2.05 bits per heavy atom. The monoisotopic (exact) mass is 306 g/mol. The predicted octanol–water partition coefficient (Wildman–Crippen LogP) is 2.16. The summed E-state index contributed by atoms with van der Waals surface area (Å²) >= 11 is 0. The van der Waals surface area contributed by atoms with Crippen molar-refractivity contribution in [3.63, 3.8) is 0 Å². The number of benzene rings is 1. The van der Waals surface area contributed by atoms with E-state index in [0.29, 0.717) is 38.8 Å². The number of oxime groups is 1. The maximum atomic E-state index is 13.0. The van der Waals surface area contributed by atoms with Crippen LogP contribution in [0.4, 0.5) is 4.39 Å². The molecule has 1 fully saturated rings. The quantitative estimate of drug-likeness (QED) is 0.894. The molecule has 0 bridgehead atoms. The third-order valence-corrected chi connectivity index (χ3v) is 4.54. The van der Waals surface area contributed by atoms with E-state index >= 15 is 0 Å². The maximum absolute atomic E-state index is 13.0. The fraction of sp³-hybridized carbons (Fsp3) is 0.500. The van der Waals surface area contributed by atoms with Crippen molar-refractivity contribution in [1.82, 2.24) is 5.32 Å². The normalized spacial score (nSPS) is 23.7. The number of aliphatic carboxylic acids is 1. The van der Waals surface area contributed by atoms with E-state index < -0.39 is 11.4 Å². The number of nitrogens with zero attached hydrogens (tertiary/aromatic N) is 1. The van der Waals surface area contributed by atoms with Crippen molar-refractivity contribution in [2.45, 2.75) is 31.8 Å². The van der Waals surface area contributed by atoms with Crippen LogP contribution in [0.1, 0.15) is 31.2 Å². The first kappa shape index (κ1) is 15.0. The van der Waals surface area contributed by atoms with Gasteiger partial charge in [0.05, 0.1) is 11.1 Å². The van der Waals surface area contributed by atoms with Gasteiger partial charge in [-0.2, -0.15) is 0 Å². The minimum atomic E-state index is -0.757. The summed E-state index contributed by atoms with van der Waals surface area (Å²) in [6, 6.07) is 6.10. The summed E-state index contributed by atoms with van der Waals surface area (Å²) in [5, 5.41) is 16.8. The topological polar surface area (TPSA) is 70.9 Å². The van der Waals surface area contributed by atoms with E-state index in [1.807, 2.05) is 0 Å². The number of hydrogen-bond acceptors (Lipinski definition) is 4. The molecule has 2 N–H and O–H groups in total. The molecule has 0 radical (unpaired) electrons. The number of rotatable bonds is 4. The Morgan fingerprint density at radius 1 is 1.36 bits per heavy atom. The first-order chi connectivity index (χ1) is 10.6. The van der Waals surface area contributed by atoms with Crippen LogP contribution in [-0.2, 0) is 9.63 Å². The summed E-state index contributed by atoms with van der Waals surface area (Å²) in [6.45, 7) is 1.43. The van der Waals surface area contributed by atoms with Crippen molar-refractivity contribution >= 4 is 11.7 Å². The smallest absolute Gasteiger partial charge is 0.309 e. The molecule has 5 nitrogen and oxygen atoms in total. The number of piperidine rings is 1. The summed E-state index contributed by atoms with van der Waals surface area (Å²) < 4.78 is 13.0. The Morgan fingerprint density at radius 3 is 2.68 bits per heavy atom. The van der Waals surface area contributed by atoms with Gasteiger partial charge in [-0.15, -0.1) is 0 Å². The number of carboxylic acids is 1. The second-order valence-corrected chi connectivity index (χ2v) is 6.02. The lowest BCUT2D eigenvalue weighted by Crippen LogP contribution is -2.44. The second kappa shape index (κ2) is 6.04. The number of halogens is 1. The van der Waals surface area contributed by atoms with Crippen molar-refractivity contribution in [2.75, 3.05) is 13.1 Å². The average molecular weight is 306 g/mol. The zero-order valence-corrected chi connectivity index (χ0v) is 12.2. The van der Waals surface area contributed by atoms with Gasteiger partial charge < -0.3 is 15.3 Å². The highest BCUT2D eigenvalue weighted by Gasteiger charge is 2.43. The summed E-state index contributed by atoms with van der Waals surface area (Å²) in [5.41, 5.74) is 0.835. The molecule has 1 atom stereocenters. The summed E-state index contributed by atoms with van der Waals surface area (Å²) in [6.07, 6.45) is 2.00. The Bertz CT molecular complexity index is 580. The molecule has 2 aliphatic rings. The molecular formula is C16H19FN2O3. The zero-order valence-electron chi connectivity index (χ0n) is 12.2. The third kappa shape index (κ3) is 2.97. The molecule has 0 aliphatic carbocycles. The molecule has 6 heteroatoms. The first-order valence-electron chi connectivity index (χ1n) is 7.52. The minimum Gasteiger partial charge on any atom is -0.481 e. The highest BCUT2D eigenvalue weighted by Crippen LogP contribution is 2.37. The SMILES string of the molecule is O=C(O)C1(C[C@@H]2CC(c3ccc(F)cc3)=NO2)CCNCC1. The lowest BCUT2D eigenvalue weighted by molar-refractivity contribution is -0.153. The highest BCUT2D eigenvalue weighted by atomic mass is 19.1. The molecule has 0 saturated carbocycles. The van der Waals surface area contributed by atoms with Crippen molar-refractivity contribution in [3.05, 3.63) is 35.6 Å². The molecule has 0 spiro atoms. The fourth-order valence-electron chi connectivity index (χ4n) is 3.20. The largest absolute Gasteiger partial charge is 0.481 e. The highest BCUT2D eigenvalue weighted by molar-refractivity contribution is 6.01. The molecule has 0 unspecified atom stereocenters.